The van der Waals surface area contributed by atoms with Crippen LogP contribution in [0.2, 0.25) is 0 Å². The Morgan fingerprint density at radius 2 is 1.17 bits per heavy atom. The first-order valence-corrected chi connectivity index (χ1v) is 5.31. The summed E-state index contributed by atoms with van der Waals surface area (Å²) in [7, 11) is 0. The Balaban J connectivity index is 2.66. The predicted molar refractivity (Wildman–Crippen MR) is 55.2 cm³/mol. The third kappa shape index (κ3) is 2.80. The van der Waals surface area contributed by atoms with Crippen LogP contribution in [0, 0.1) is 16.7 Å². The van der Waals surface area contributed by atoms with Gasteiger partial charge < -0.3 is 0 Å². The van der Waals surface area contributed by atoms with Crippen LogP contribution in [0.5, 0.6) is 0 Å². The summed E-state index contributed by atoms with van der Waals surface area (Å²) in [6, 6.07) is 0. The van der Waals surface area contributed by atoms with E-state index in [0.717, 1.165) is 5.92 Å². The number of hydrogen-bond acceptors (Lipinski definition) is 0. The van der Waals surface area contributed by atoms with Gasteiger partial charge in [0, 0.05) is 0 Å². The molecule has 1 rings (SSSR count). The first-order valence-electron chi connectivity index (χ1n) is 5.31. The second-order valence-electron chi connectivity index (χ2n) is 6.34. The molecule has 1 saturated carbocycles. The van der Waals surface area contributed by atoms with Crippen molar-refractivity contribution < 1.29 is 0 Å². The molecular formula is C12H24. The lowest BCUT2D eigenvalue weighted by molar-refractivity contribution is 0.275. The maximum atomic E-state index is 2.42. The fourth-order valence-electron chi connectivity index (χ4n) is 2.84. The molecule has 0 atom stereocenters. The van der Waals surface area contributed by atoms with Gasteiger partial charge in [-0.05, 0) is 42.4 Å². The summed E-state index contributed by atoms with van der Waals surface area (Å²) in [6.45, 7) is 12.1. The van der Waals surface area contributed by atoms with E-state index in [0.29, 0.717) is 10.8 Å². The second-order valence-corrected chi connectivity index (χ2v) is 6.34. The Hall–Kier alpha value is 0. The van der Waals surface area contributed by atoms with Crippen molar-refractivity contribution in [3.05, 3.63) is 0 Å². The zero-order chi connectivity index (χ0) is 9.41. The highest BCUT2D eigenvalue weighted by Crippen LogP contribution is 2.44. The van der Waals surface area contributed by atoms with Crippen molar-refractivity contribution in [2.45, 2.75) is 60.3 Å². The van der Waals surface area contributed by atoms with Gasteiger partial charge >= 0.3 is 0 Å². The molecule has 0 bridgehead atoms. The Morgan fingerprint density at radius 1 is 0.833 bits per heavy atom. The highest BCUT2D eigenvalue weighted by atomic mass is 14.4. The molecule has 0 amide bonds. The lowest BCUT2D eigenvalue weighted by Gasteiger charge is -2.24. The lowest BCUT2D eigenvalue weighted by Crippen LogP contribution is -2.12. The van der Waals surface area contributed by atoms with Gasteiger partial charge in [0.05, 0.1) is 0 Å². The fourth-order valence-corrected chi connectivity index (χ4v) is 2.84. The van der Waals surface area contributed by atoms with E-state index in [1.807, 2.05) is 0 Å². The first-order chi connectivity index (χ1) is 5.31. The Kier molecular flexibility index (Phi) is 2.56. The average molecular weight is 168 g/mol. The van der Waals surface area contributed by atoms with Gasteiger partial charge in [0.15, 0.2) is 0 Å². The molecule has 0 unspecified atom stereocenters. The molecule has 0 heteroatoms. The minimum atomic E-state index is 0.590. The van der Waals surface area contributed by atoms with E-state index < -0.39 is 0 Å². The van der Waals surface area contributed by atoms with E-state index in [2.05, 4.69) is 34.6 Å². The molecule has 0 N–H and O–H groups in total. The standard InChI is InChI=1S/C12H24/c1-10-8-11(2,3)6-7-12(4,5)9-10/h10H,6-9H2,1-5H3. The molecule has 0 saturated heterocycles. The van der Waals surface area contributed by atoms with Gasteiger partial charge in [-0.15, -0.1) is 0 Å². The summed E-state index contributed by atoms with van der Waals surface area (Å²) >= 11 is 0. The van der Waals surface area contributed by atoms with Crippen LogP contribution in [-0.4, -0.2) is 0 Å². The molecule has 0 radical (unpaired) electrons. The molecule has 0 heterocycles. The van der Waals surface area contributed by atoms with E-state index in [-0.39, 0.29) is 0 Å². The number of hydrogen-bond donors (Lipinski definition) is 0. The zero-order valence-corrected chi connectivity index (χ0v) is 9.41. The molecule has 0 nitrogen and oxygen atoms in total. The largest absolute Gasteiger partial charge is 0.0625 e. The first kappa shape index (κ1) is 10.1. The smallest absolute Gasteiger partial charge is 0.0351 e. The fraction of sp³-hybridized carbons (Fsp3) is 1.00. The highest BCUT2D eigenvalue weighted by Gasteiger charge is 2.31. The van der Waals surface area contributed by atoms with E-state index in [1.54, 1.807) is 0 Å². The molecule has 72 valence electrons. The SMILES string of the molecule is CC1CC(C)(C)CCC(C)(C)C1. The summed E-state index contributed by atoms with van der Waals surface area (Å²) in [5.74, 6) is 0.914. The minimum Gasteiger partial charge on any atom is -0.0625 e. The summed E-state index contributed by atoms with van der Waals surface area (Å²) in [5.41, 5.74) is 1.18. The van der Waals surface area contributed by atoms with Crippen molar-refractivity contribution in [2.75, 3.05) is 0 Å². The third-order valence-electron chi connectivity index (χ3n) is 3.28. The van der Waals surface area contributed by atoms with Crippen molar-refractivity contribution in [1.82, 2.24) is 0 Å². The summed E-state index contributed by atoms with van der Waals surface area (Å²) < 4.78 is 0. The molecule has 0 aromatic rings. The van der Waals surface area contributed by atoms with Gasteiger partial charge in [-0.2, -0.15) is 0 Å². The van der Waals surface area contributed by atoms with Crippen LogP contribution in [0.4, 0.5) is 0 Å². The summed E-state index contributed by atoms with van der Waals surface area (Å²) in [5, 5.41) is 0. The average Bonchev–Trinajstić information content (AvgIpc) is 1.87. The Morgan fingerprint density at radius 3 is 1.50 bits per heavy atom. The summed E-state index contributed by atoms with van der Waals surface area (Å²) in [4.78, 5) is 0. The van der Waals surface area contributed by atoms with E-state index in [9.17, 15) is 0 Å². The molecule has 1 fully saturated rings. The molecular weight excluding hydrogens is 144 g/mol. The van der Waals surface area contributed by atoms with Crippen molar-refractivity contribution in [3.8, 4) is 0 Å². The molecule has 1 aliphatic rings. The van der Waals surface area contributed by atoms with Gasteiger partial charge in [-0.25, -0.2) is 0 Å². The van der Waals surface area contributed by atoms with Crippen LogP contribution in [0.25, 0.3) is 0 Å². The van der Waals surface area contributed by atoms with Crippen LogP contribution < -0.4 is 0 Å². The molecule has 0 spiro atoms. The zero-order valence-electron chi connectivity index (χ0n) is 9.41. The van der Waals surface area contributed by atoms with Crippen LogP contribution >= 0.6 is 0 Å². The van der Waals surface area contributed by atoms with E-state index in [1.165, 1.54) is 25.7 Å². The maximum absolute atomic E-state index is 2.42. The van der Waals surface area contributed by atoms with Gasteiger partial charge in [0.2, 0.25) is 0 Å². The predicted octanol–water partition coefficient (Wildman–Crippen LogP) is 4.25. The lowest BCUT2D eigenvalue weighted by atomic mass is 9.81. The van der Waals surface area contributed by atoms with Gasteiger partial charge in [0.1, 0.15) is 0 Å². The molecule has 0 aromatic heterocycles. The topological polar surface area (TPSA) is 0 Å². The van der Waals surface area contributed by atoms with Gasteiger partial charge in [-0.3, -0.25) is 0 Å². The van der Waals surface area contributed by atoms with Crippen molar-refractivity contribution in [2.24, 2.45) is 16.7 Å². The molecule has 0 aromatic carbocycles. The van der Waals surface area contributed by atoms with Gasteiger partial charge in [-0.1, -0.05) is 34.6 Å². The van der Waals surface area contributed by atoms with Crippen LogP contribution in [0.3, 0.4) is 0 Å². The number of rotatable bonds is 0. The molecule has 12 heavy (non-hydrogen) atoms. The molecule has 0 aliphatic heterocycles. The second kappa shape index (κ2) is 3.05. The van der Waals surface area contributed by atoms with E-state index >= 15 is 0 Å². The Labute approximate surface area is 77.7 Å². The van der Waals surface area contributed by atoms with Crippen LogP contribution in [-0.2, 0) is 0 Å². The van der Waals surface area contributed by atoms with Crippen molar-refractivity contribution in [3.63, 3.8) is 0 Å². The van der Waals surface area contributed by atoms with Crippen molar-refractivity contribution >= 4 is 0 Å². The normalized spacial score (nSPS) is 29.8. The third-order valence-corrected chi connectivity index (χ3v) is 3.28. The van der Waals surface area contributed by atoms with E-state index in [4.69, 9.17) is 0 Å². The van der Waals surface area contributed by atoms with Gasteiger partial charge in [0.25, 0.3) is 0 Å². The highest BCUT2D eigenvalue weighted by molar-refractivity contribution is 4.83. The monoisotopic (exact) mass is 168 g/mol. The van der Waals surface area contributed by atoms with Crippen LogP contribution in [0.15, 0.2) is 0 Å². The quantitative estimate of drug-likeness (QED) is 0.474. The summed E-state index contributed by atoms with van der Waals surface area (Å²) in [6.07, 6.45) is 5.64. The van der Waals surface area contributed by atoms with Crippen LogP contribution in [0.1, 0.15) is 60.3 Å². The van der Waals surface area contributed by atoms with Crippen molar-refractivity contribution in [1.29, 1.82) is 0 Å². The maximum Gasteiger partial charge on any atom is -0.0351 e. The minimum absolute atomic E-state index is 0.590. The Bertz CT molecular complexity index is 135. The molecule has 1 aliphatic carbocycles.